The van der Waals surface area contributed by atoms with Crippen molar-refractivity contribution in [2.24, 2.45) is 0 Å². The van der Waals surface area contributed by atoms with Crippen molar-refractivity contribution in [3.8, 4) is 0 Å². The summed E-state index contributed by atoms with van der Waals surface area (Å²) in [6, 6.07) is 0. The third kappa shape index (κ3) is 8.30. The summed E-state index contributed by atoms with van der Waals surface area (Å²) in [4.78, 5) is 39.0. The summed E-state index contributed by atoms with van der Waals surface area (Å²) in [5, 5.41) is 0. The van der Waals surface area contributed by atoms with Crippen molar-refractivity contribution in [1.82, 2.24) is 0 Å². The normalized spacial score (nSPS) is 13.6. The monoisotopic (exact) mass is 186 g/mol. The molecule has 0 bridgehead atoms. The van der Waals surface area contributed by atoms with E-state index >= 15 is 0 Å². The first-order valence-electron chi connectivity index (χ1n) is 2.23. The maximum absolute atomic E-state index is 9.75. The largest absolute Gasteiger partial charge is 0.811 e. The van der Waals surface area contributed by atoms with Crippen LogP contribution in [0.15, 0.2) is 0 Å². The zero-order valence-electron chi connectivity index (χ0n) is 4.76. The van der Waals surface area contributed by atoms with Gasteiger partial charge in [0.25, 0.3) is 0 Å². The van der Waals surface area contributed by atoms with Crippen molar-refractivity contribution in [2.45, 2.75) is 0 Å². The van der Waals surface area contributed by atoms with Gasteiger partial charge in [0.15, 0.2) is 0 Å². The van der Waals surface area contributed by atoms with E-state index in [-0.39, 0.29) is 0 Å². The number of hydrogen-bond donors (Lipinski definition) is 0. The zero-order valence-corrected chi connectivity index (χ0v) is 6.55. The average Bonchev–Trinajstić information content (AvgIpc) is 1.57. The molecular formula is C2H4O6P2-4. The second kappa shape index (κ2) is 3.13. The average molecular weight is 186 g/mol. The highest BCUT2D eigenvalue weighted by Gasteiger charge is 1.94. The fraction of sp³-hybridized carbons (Fsp3) is 1.00. The molecular weight excluding hydrogens is 182 g/mol. The van der Waals surface area contributed by atoms with Gasteiger partial charge in [-0.1, -0.05) is 15.2 Å². The molecule has 0 radical (unpaired) electrons. The molecule has 0 aromatic carbocycles. The maximum Gasteiger partial charge on any atom is -0.0204 e. The Morgan fingerprint density at radius 1 is 0.800 bits per heavy atom. The first-order chi connectivity index (χ1) is 4.21. The lowest BCUT2D eigenvalue weighted by molar-refractivity contribution is -0.320. The Kier molecular flexibility index (Phi) is 3.23. The molecule has 0 atom stereocenters. The lowest BCUT2D eigenvalue weighted by Crippen LogP contribution is -2.24. The molecule has 6 nitrogen and oxygen atoms in total. The fourth-order valence-corrected chi connectivity index (χ4v) is 2.20. The van der Waals surface area contributed by atoms with Gasteiger partial charge >= 0.3 is 0 Å². The van der Waals surface area contributed by atoms with Crippen LogP contribution in [0.25, 0.3) is 0 Å². The molecule has 0 aliphatic heterocycles. The third-order valence-corrected chi connectivity index (χ3v) is 2.54. The predicted octanol–water partition coefficient (Wildman–Crippen LogP) is -3.19. The molecule has 0 unspecified atom stereocenters. The van der Waals surface area contributed by atoms with Crippen LogP contribution in [0.5, 0.6) is 0 Å². The topological polar surface area (TPSA) is 126 Å². The van der Waals surface area contributed by atoms with Crippen LogP contribution in [-0.2, 0) is 9.13 Å². The summed E-state index contributed by atoms with van der Waals surface area (Å²) in [6.45, 7) is 0. The molecule has 0 aliphatic carbocycles. The summed E-state index contributed by atoms with van der Waals surface area (Å²) in [5.41, 5.74) is 0. The van der Waals surface area contributed by atoms with Crippen molar-refractivity contribution < 1.29 is 28.7 Å². The van der Waals surface area contributed by atoms with Gasteiger partial charge in [-0.25, -0.2) is 0 Å². The van der Waals surface area contributed by atoms with Crippen LogP contribution in [0.1, 0.15) is 0 Å². The Hall–Kier alpha value is 0.300. The van der Waals surface area contributed by atoms with Gasteiger partial charge in [-0.15, -0.1) is 0 Å². The Morgan fingerprint density at radius 2 is 1.00 bits per heavy atom. The first-order valence-corrected chi connectivity index (χ1v) is 5.68. The van der Waals surface area contributed by atoms with Crippen molar-refractivity contribution in [3.63, 3.8) is 0 Å². The molecule has 62 valence electrons. The van der Waals surface area contributed by atoms with Crippen LogP contribution in [0.2, 0.25) is 0 Å². The Labute approximate surface area is 57.2 Å². The summed E-state index contributed by atoms with van der Waals surface area (Å²) < 4.78 is 19.5. The predicted molar refractivity (Wildman–Crippen MR) is 24.9 cm³/mol. The van der Waals surface area contributed by atoms with Crippen molar-refractivity contribution >= 4 is 15.2 Å². The van der Waals surface area contributed by atoms with Gasteiger partial charge in [-0.2, -0.15) is 0 Å². The van der Waals surface area contributed by atoms with Crippen LogP contribution < -0.4 is 19.6 Å². The van der Waals surface area contributed by atoms with Crippen molar-refractivity contribution in [3.05, 3.63) is 0 Å². The standard InChI is InChI=1S/C2H8O6P2/c3-9(4,5)1-2-10(6,7)8/h1-2H2,(H2,3,4,5)(H2,6,7,8)/p-4. The van der Waals surface area contributed by atoms with E-state index in [0.717, 1.165) is 0 Å². The van der Waals surface area contributed by atoms with Gasteiger partial charge in [-0.3, -0.25) is 0 Å². The molecule has 8 heteroatoms. The molecule has 0 fully saturated rings. The Morgan fingerprint density at radius 3 is 1.10 bits per heavy atom. The highest BCUT2D eigenvalue weighted by atomic mass is 31.2. The molecule has 0 rings (SSSR count). The molecule has 10 heavy (non-hydrogen) atoms. The van der Waals surface area contributed by atoms with Gasteiger partial charge in [0.2, 0.25) is 0 Å². The highest BCUT2D eigenvalue weighted by Crippen LogP contribution is 2.31. The SMILES string of the molecule is O=P([O-])([O-])CCP(=O)([O-])[O-]. The van der Waals surface area contributed by atoms with E-state index in [1.54, 1.807) is 0 Å². The van der Waals surface area contributed by atoms with Crippen LogP contribution in [0, 0.1) is 0 Å². The van der Waals surface area contributed by atoms with Crippen LogP contribution in [0.3, 0.4) is 0 Å². The fourth-order valence-electron chi connectivity index (χ4n) is 0.245. The molecule has 0 spiro atoms. The lowest BCUT2D eigenvalue weighted by atomic mass is 11.0. The van der Waals surface area contributed by atoms with E-state index in [0.29, 0.717) is 0 Å². The van der Waals surface area contributed by atoms with Gasteiger partial charge < -0.3 is 28.7 Å². The highest BCUT2D eigenvalue weighted by molar-refractivity contribution is 7.53. The van der Waals surface area contributed by atoms with Gasteiger partial charge in [0, 0.05) is 0 Å². The van der Waals surface area contributed by atoms with Crippen molar-refractivity contribution in [1.29, 1.82) is 0 Å². The Bertz CT molecular complexity index is 164. The van der Waals surface area contributed by atoms with Crippen LogP contribution in [-0.4, -0.2) is 12.3 Å². The first kappa shape index (κ1) is 10.3. The van der Waals surface area contributed by atoms with E-state index in [1.165, 1.54) is 0 Å². The van der Waals surface area contributed by atoms with E-state index in [9.17, 15) is 28.7 Å². The summed E-state index contributed by atoms with van der Waals surface area (Å²) >= 11 is 0. The van der Waals surface area contributed by atoms with E-state index in [4.69, 9.17) is 0 Å². The lowest BCUT2D eigenvalue weighted by Gasteiger charge is -2.36. The second-order valence-corrected chi connectivity index (χ2v) is 5.01. The van der Waals surface area contributed by atoms with Crippen LogP contribution in [0.4, 0.5) is 0 Å². The van der Waals surface area contributed by atoms with Crippen molar-refractivity contribution in [2.75, 3.05) is 12.3 Å². The van der Waals surface area contributed by atoms with Gasteiger partial charge in [0.05, 0.1) is 0 Å². The minimum Gasteiger partial charge on any atom is -0.811 e. The van der Waals surface area contributed by atoms with E-state index in [1.807, 2.05) is 0 Å². The Balaban J connectivity index is 3.79. The molecule has 0 aliphatic rings. The van der Waals surface area contributed by atoms with Crippen LogP contribution >= 0.6 is 15.2 Å². The number of rotatable bonds is 3. The molecule has 0 heterocycles. The zero-order chi connectivity index (χ0) is 8.41. The molecule has 0 N–H and O–H groups in total. The minimum absolute atomic E-state index is 1.11. The third-order valence-electron chi connectivity index (χ3n) is 0.648. The quantitative estimate of drug-likeness (QED) is 0.427. The smallest absolute Gasteiger partial charge is 0.0204 e. The van der Waals surface area contributed by atoms with E-state index in [2.05, 4.69) is 0 Å². The van der Waals surface area contributed by atoms with Gasteiger partial charge in [0.1, 0.15) is 0 Å². The summed E-state index contributed by atoms with van der Waals surface area (Å²) in [7, 11) is -9.67. The van der Waals surface area contributed by atoms with E-state index < -0.39 is 27.5 Å². The summed E-state index contributed by atoms with van der Waals surface area (Å²) in [6.07, 6.45) is -2.23. The molecule has 0 aromatic rings. The maximum atomic E-state index is 9.75. The number of hydrogen-bond acceptors (Lipinski definition) is 6. The molecule has 0 aromatic heterocycles. The minimum atomic E-state index is -4.83. The molecule has 0 saturated carbocycles. The molecule has 0 saturated heterocycles. The second-order valence-electron chi connectivity index (χ2n) is 1.67. The molecule has 0 amide bonds. The summed E-state index contributed by atoms with van der Waals surface area (Å²) in [5.74, 6) is 0. The van der Waals surface area contributed by atoms with Gasteiger partial charge in [-0.05, 0) is 12.3 Å².